The first-order chi connectivity index (χ1) is 27.7. The van der Waals surface area contributed by atoms with E-state index in [4.69, 9.17) is 15.0 Å². The third-order valence-electron chi connectivity index (χ3n) is 12.7. The molecule has 4 heteroatoms. The van der Waals surface area contributed by atoms with Crippen LogP contribution in [-0.2, 0) is 10.8 Å². The van der Waals surface area contributed by atoms with Crippen LogP contribution in [0.2, 0.25) is 0 Å². The van der Waals surface area contributed by atoms with Crippen molar-refractivity contribution in [1.29, 1.82) is 0 Å². The van der Waals surface area contributed by atoms with E-state index in [1.165, 1.54) is 72.7 Å². The lowest BCUT2D eigenvalue weighted by Crippen LogP contribution is -2.33. The van der Waals surface area contributed by atoms with Gasteiger partial charge in [0.2, 0.25) is 0 Å². The number of nitrogens with zero attached hydrogens (tertiary/aromatic N) is 4. The Balaban J connectivity index is 1.08. The van der Waals surface area contributed by atoms with E-state index in [1.54, 1.807) is 0 Å². The molecule has 1 aliphatic carbocycles. The quantitative estimate of drug-likeness (QED) is 0.169. The van der Waals surface area contributed by atoms with Crippen LogP contribution in [0.1, 0.15) is 51.7 Å². The molecule has 10 aromatic rings. The predicted octanol–water partition coefficient (Wildman–Crippen LogP) is 13.8. The summed E-state index contributed by atoms with van der Waals surface area (Å²) in [7, 11) is 0. The van der Waals surface area contributed by atoms with Crippen LogP contribution in [0.25, 0.3) is 94.0 Å². The average Bonchev–Trinajstić information content (AvgIpc) is 3.58. The molecule has 4 nitrogen and oxygen atoms in total. The van der Waals surface area contributed by atoms with Gasteiger partial charge >= 0.3 is 0 Å². The molecule has 57 heavy (non-hydrogen) atoms. The summed E-state index contributed by atoms with van der Waals surface area (Å²) >= 11 is 0. The highest BCUT2D eigenvalue weighted by Crippen LogP contribution is 2.48. The highest BCUT2D eigenvalue weighted by molar-refractivity contribution is 6.10. The Morgan fingerprint density at radius 2 is 0.895 bits per heavy atom. The summed E-state index contributed by atoms with van der Waals surface area (Å²) in [5.74, 6) is 1.95. The Labute approximate surface area is 332 Å². The lowest BCUT2D eigenvalue weighted by molar-refractivity contribution is 0.332. The Kier molecular flexibility index (Phi) is 7.34. The van der Waals surface area contributed by atoms with Crippen LogP contribution in [0.4, 0.5) is 0 Å². The molecule has 0 radical (unpaired) electrons. The van der Waals surface area contributed by atoms with Crippen LogP contribution in [0.15, 0.2) is 158 Å². The largest absolute Gasteiger partial charge is 0.309 e. The molecular formula is C53H42N4. The van der Waals surface area contributed by atoms with Crippen molar-refractivity contribution < 1.29 is 0 Å². The van der Waals surface area contributed by atoms with E-state index in [0.29, 0.717) is 17.5 Å². The van der Waals surface area contributed by atoms with Gasteiger partial charge in [-0.25, -0.2) is 15.0 Å². The van der Waals surface area contributed by atoms with Crippen molar-refractivity contribution in [2.24, 2.45) is 0 Å². The van der Waals surface area contributed by atoms with Gasteiger partial charge in [-0.3, -0.25) is 0 Å². The van der Waals surface area contributed by atoms with Crippen LogP contribution in [-0.4, -0.2) is 19.5 Å². The van der Waals surface area contributed by atoms with E-state index >= 15 is 0 Å². The van der Waals surface area contributed by atoms with E-state index in [2.05, 4.69) is 190 Å². The van der Waals surface area contributed by atoms with Crippen molar-refractivity contribution in [3.05, 3.63) is 169 Å². The number of rotatable bonds is 4. The van der Waals surface area contributed by atoms with Gasteiger partial charge in [0.15, 0.2) is 17.5 Å². The van der Waals surface area contributed by atoms with Gasteiger partial charge in [-0.1, -0.05) is 131 Å². The molecule has 0 amide bonds. The van der Waals surface area contributed by atoms with Gasteiger partial charge in [-0.15, -0.1) is 0 Å². The van der Waals surface area contributed by atoms with E-state index in [-0.39, 0.29) is 10.8 Å². The van der Waals surface area contributed by atoms with Crippen LogP contribution in [0.3, 0.4) is 0 Å². The van der Waals surface area contributed by atoms with Crippen LogP contribution < -0.4 is 0 Å². The predicted molar refractivity (Wildman–Crippen MR) is 238 cm³/mol. The van der Waals surface area contributed by atoms with E-state index in [9.17, 15) is 0 Å². The van der Waals surface area contributed by atoms with Gasteiger partial charge in [0.05, 0.1) is 11.0 Å². The Morgan fingerprint density at radius 3 is 1.61 bits per heavy atom. The molecule has 2 aromatic heterocycles. The van der Waals surface area contributed by atoms with Crippen LogP contribution in [0.5, 0.6) is 0 Å². The van der Waals surface area contributed by atoms with Gasteiger partial charge in [-0.2, -0.15) is 0 Å². The number of fused-ring (bicyclic) bond motifs is 8. The molecule has 1 aliphatic rings. The van der Waals surface area contributed by atoms with Crippen LogP contribution >= 0.6 is 0 Å². The molecule has 0 aliphatic heterocycles. The number of hydrogen-bond acceptors (Lipinski definition) is 3. The van der Waals surface area contributed by atoms with Gasteiger partial charge in [0, 0.05) is 33.2 Å². The van der Waals surface area contributed by atoms with Crippen molar-refractivity contribution in [3.63, 3.8) is 0 Å². The third-order valence-corrected chi connectivity index (χ3v) is 12.7. The monoisotopic (exact) mass is 734 g/mol. The number of para-hydroxylation sites is 1. The Morgan fingerprint density at radius 1 is 0.386 bits per heavy atom. The highest BCUT2D eigenvalue weighted by Gasteiger charge is 2.37. The topological polar surface area (TPSA) is 43.6 Å². The fourth-order valence-corrected chi connectivity index (χ4v) is 9.30. The normalized spacial score (nSPS) is 14.8. The Bertz CT molecular complexity index is 3240. The molecule has 0 fully saturated rings. The van der Waals surface area contributed by atoms with Gasteiger partial charge in [-0.05, 0) is 122 Å². The number of hydrogen-bond donors (Lipinski definition) is 0. The molecule has 0 N–H and O–H groups in total. The minimum absolute atomic E-state index is 0.113. The summed E-state index contributed by atoms with van der Waals surface area (Å²) in [6.45, 7) is 9.63. The fourth-order valence-electron chi connectivity index (χ4n) is 9.30. The molecule has 0 spiro atoms. The Hall–Kier alpha value is -6.65. The minimum atomic E-state index is 0.113. The highest BCUT2D eigenvalue weighted by atomic mass is 15.0. The first kappa shape index (κ1) is 33.7. The standard InChI is InChI=1S/C53H42N4/c1-52(2)27-28-53(3,4)46-32-48-44(31-45(46)52)42-15-9-10-16-47(42)57(48)40-25-23-36(24-26-40)49-54-50(38-21-17-33-11-5-6-13-37(33)29-38)56-51(55-49)39-22-20-35-19-18-34-12-7-8-14-41(34)43(35)30-39/h5-26,29-32H,27-28H2,1-4H3. The second-order valence-corrected chi connectivity index (χ2v) is 17.2. The summed E-state index contributed by atoms with van der Waals surface area (Å²) in [6.07, 6.45) is 2.37. The maximum absolute atomic E-state index is 5.19. The van der Waals surface area contributed by atoms with Crippen molar-refractivity contribution >= 4 is 54.1 Å². The summed E-state index contributed by atoms with van der Waals surface area (Å²) in [5.41, 5.74) is 9.63. The zero-order chi connectivity index (χ0) is 38.5. The van der Waals surface area contributed by atoms with Gasteiger partial charge in [0.25, 0.3) is 0 Å². The maximum atomic E-state index is 5.19. The molecule has 0 saturated carbocycles. The molecular weight excluding hydrogens is 693 g/mol. The number of aromatic nitrogens is 4. The van der Waals surface area contributed by atoms with Gasteiger partial charge in [0.1, 0.15) is 0 Å². The molecule has 0 saturated heterocycles. The second-order valence-electron chi connectivity index (χ2n) is 17.2. The van der Waals surface area contributed by atoms with Crippen LogP contribution in [0, 0.1) is 0 Å². The SMILES string of the molecule is CC1(C)CCC(C)(C)c2cc3c(cc21)c1ccccc1n3-c1ccc(-c2nc(-c3ccc4ccccc4c3)nc(-c3ccc4ccc5ccccc5c4c3)n2)cc1. The zero-order valence-electron chi connectivity index (χ0n) is 32.7. The molecule has 0 bridgehead atoms. The van der Waals surface area contributed by atoms with Gasteiger partial charge < -0.3 is 4.57 Å². The first-order valence-electron chi connectivity index (χ1n) is 20.1. The average molecular weight is 735 g/mol. The molecule has 0 unspecified atom stereocenters. The maximum Gasteiger partial charge on any atom is 0.164 e. The summed E-state index contributed by atoms with van der Waals surface area (Å²) < 4.78 is 2.44. The molecule has 0 atom stereocenters. The molecule has 8 aromatic carbocycles. The third kappa shape index (κ3) is 5.46. The lowest BCUT2D eigenvalue weighted by Gasteiger charge is -2.42. The first-order valence-corrected chi connectivity index (χ1v) is 20.1. The second kappa shape index (κ2) is 12.4. The zero-order valence-corrected chi connectivity index (χ0v) is 32.7. The lowest BCUT2D eigenvalue weighted by atomic mass is 9.63. The molecule has 11 rings (SSSR count). The molecule has 274 valence electrons. The number of benzene rings is 8. The van der Waals surface area contributed by atoms with E-state index in [0.717, 1.165) is 27.8 Å². The van der Waals surface area contributed by atoms with Crippen molar-refractivity contribution in [2.45, 2.75) is 51.4 Å². The summed E-state index contributed by atoms with van der Waals surface area (Å²) in [6, 6.07) is 56.9. The molecule has 2 heterocycles. The van der Waals surface area contributed by atoms with E-state index < -0.39 is 0 Å². The van der Waals surface area contributed by atoms with E-state index in [1.807, 2.05) is 0 Å². The summed E-state index contributed by atoms with van der Waals surface area (Å²) in [4.78, 5) is 15.5. The fraction of sp³-hybridized carbons (Fsp3) is 0.151. The van der Waals surface area contributed by atoms with Crippen molar-refractivity contribution in [2.75, 3.05) is 0 Å². The van der Waals surface area contributed by atoms with Crippen molar-refractivity contribution in [1.82, 2.24) is 19.5 Å². The minimum Gasteiger partial charge on any atom is -0.309 e. The smallest absolute Gasteiger partial charge is 0.164 e. The van der Waals surface area contributed by atoms with Crippen molar-refractivity contribution in [3.8, 4) is 39.9 Å². The summed E-state index contributed by atoms with van der Waals surface area (Å²) in [5, 5.41) is 9.73.